The molecule has 0 atom stereocenters. The molecule has 146 valence electrons. The molecule has 0 aliphatic carbocycles. The molecule has 0 unspecified atom stereocenters. The number of amides is 1. The van der Waals surface area contributed by atoms with E-state index in [4.69, 9.17) is 0 Å². The molecule has 0 saturated carbocycles. The fourth-order valence-corrected chi connectivity index (χ4v) is 4.90. The zero-order valence-electron chi connectivity index (χ0n) is 15.2. The van der Waals surface area contributed by atoms with Crippen molar-refractivity contribution < 1.29 is 13.2 Å². The second-order valence-corrected chi connectivity index (χ2v) is 9.35. The molecule has 3 rings (SSSR count). The van der Waals surface area contributed by atoms with Crippen molar-refractivity contribution in [2.45, 2.75) is 43.9 Å². The molecule has 1 saturated heterocycles. The average molecular weight is 411 g/mol. The van der Waals surface area contributed by atoms with Crippen LogP contribution >= 0.6 is 11.3 Å². The number of carbonyl (C=O) groups is 1. The van der Waals surface area contributed by atoms with Gasteiger partial charge >= 0.3 is 0 Å². The number of piperidine rings is 1. The minimum atomic E-state index is -3.76. The number of hydrogen-bond acceptors (Lipinski definition) is 8. The number of thiazole rings is 1. The lowest BCUT2D eigenvalue weighted by Gasteiger charge is -2.28. The van der Waals surface area contributed by atoms with Crippen LogP contribution < -0.4 is 14.9 Å². The molecule has 11 heteroatoms. The second-order valence-electron chi connectivity index (χ2n) is 6.32. The minimum absolute atomic E-state index is 0.0157. The highest BCUT2D eigenvalue weighted by molar-refractivity contribution is 7.91. The lowest BCUT2D eigenvalue weighted by atomic mass is 10.1. The van der Waals surface area contributed by atoms with Crippen molar-refractivity contribution in [3.05, 3.63) is 23.8 Å². The van der Waals surface area contributed by atoms with Gasteiger partial charge in [-0.15, -0.1) is 0 Å². The van der Waals surface area contributed by atoms with Gasteiger partial charge in [-0.05, 0) is 26.2 Å². The Labute approximate surface area is 162 Å². The molecule has 1 fully saturated rings. The zero-order chi connectivity index (χ0) is 19.4. The summed E-state index contributed by atoms with van der Waals surface area (Å²) >= 11 is 0.890. The topological polar surface area (TPSA) is 117 Å². The highest BCUT2D eigenvalue weighted by Crippen LogP contribution is 2.23. The Morgan fingerprint density at radius 1 is 1.26 bits per heavy atom. The molecule has 1 aliphatic heterocycles. The van der Waals surface area contributed by atoms with Crippen LogP contribution in [0.1, 0.15) is 37.7 Å². The average Bonchev–Trinajstić information content (AvgIpc) is 3.09. The van der Waals surface area contributed by atoms with E-state index in [1.165, 1.54) is 19.5 Å². The molecule has 0 spiro atoms. The number of hydrogen-bond donors (Lipinski definition) is 2. The van der Waals surface area contributed by atoms with E-state index >= 15 is 0 Å². The summed E-state index contributed by atoms with van der Waals surface area (Å²) in [4.78, 5) is 26.0. The van der Waals surface area contributed by atoms with Crippen molar-refractivity contribution in [2.24, 2.45) is 0 Å². The van der Waals surface area contributed by atoms with Crippen LogP contribution in [0.25, 0.3) is 0 Å². The first-order valence-corrected chi connectivity index (χ1v) is 11.0. The largest absolute Gasteiger partial charge is 0.357 e. The fourth-order valence-electron chi connectivity index (χ4n) is 2.80. The van der Waals surface area contributed by atoms with Gasteiger partial charge in [0.15, 0.2) is 9.34 Å². The molecule has 2 N–H and O–H groups in total. The summed E-state index contributed by atoms with van der Waals surface area (Å²) in [5.74, 6) is 0.951. The van der Waals surface area contributed by atoms with Crippen LogP contribution in [0.2, 0.25) is 0 Å². The molecular formula is C16H22N6O3S2. The Balaban J connectivity index is 1.70. The Hall–Kier alpha value is -2.11. The summed E-state index contributed by atoms with van der Waals surface area (Å²) in [6, 6.07) is 1.92. The van der Waals surface area contributed by atoms with Gasteiger partial charge in [-0.1, -0.05) is 11.3 Å². The highest BCUT2D eigenvalue weighted by Gasteiger charge is 2.20. The van der Waals surface area contributed by atoms with Crippen LogP contribution in [0.5, 0.6) is 0 Å². The first-order chi connectivity index (χ1) is 12.8. The van der Waals surface area contributed by atoms with Gasteiger partial charge in [0.25, 0.3) is 10.0 Å². The van der Waals surface area contributed by atoms with Gasteiger partial charge < -0.3 is 10.2 Å². The SMILES string of the molecule is CC(=O)Nc1ncc(S(=O)(=O)NCc2nc(C)cc(N3CCCCC3)n2)s1. The highest BCUT2D eigenvalue weighted by atomic mass is 32.2. The predicted molar refractivity (Wildman–Crippen MR) is 103 cm³/mol. The van der Waals surface area contributed by atoms with Crippen molar-refractivity contribution in [1.29, 1.82) is 0 Å². The summed E-state index contributed by atoms with van der Waals surface area (Å²) in [7, 11) is -3.76. The van der Waals surface area contributed by atoms with Crippen molar-refractivity contribution in [3.8, 4) is 0 Å². The number of carbonyl (C=O) groups excluding carboxylic acids is 1. The molecule has 0 radical (unpaired) electrons. The van der Waals surface area contributed by atoms with E-state index in [2.05, 4.69) is 29.9 Å². The molecule has 2 aromatic rings. The Morgan fingerprint density at radius 3 is 2.70 bits per heavy atom. The van der Waals surface area contributed by atoms with Crippen molar-refractivity contribution in [1.82, 2.24) is 19.7 Å². The van der Waals surface area contributed by atoms with Gasteiger partial charge in [-0.3, -0.25) is 4.79 Å². The first-order valence-electron chi connectivity index (χ1n) is 8.66. The van der Waals surface area contributed by atoms with Gasteiger partial charge in [0.1, 0.15) is 11.6 Å². The van der Waals surface area contributed by atoms with Gasteiger partial charge in [0.2, 0.25) is 5.91 Å². The van der Waals surface area contributed by atoms with Crippen LogP contribution in [0.4, 0.5) is 10.9 Å². The lowest BCUT2D eigenvalue weighted by Crippen LogP contribution is -2.31. The third-order valence-electron chi connectivity index (χ3n) is 4.02. The zero-order valence-corrected chi connectivity index (χ0v) is 16.9. The molecule has 2 aromatic heterocycles. The number of nitrogens with one attached hydrogen (secondary N) is 2. The first kappa shape index (κ1) is 19.6. The van der Waals surface area contributed by atoms with E-state index < -0.39 is 10.0 Å². The van der Waals surface area contributed by atoms with Crippen LogP contribution in [0.3, 0.4) is 0 Å². The molecule has 0 bridgehead atoms. The molecule has 3 heterocycles. The van der Waals surface area contributed by atoms with Crippen molar-refractivity contribution in [3.63, 3.8) is 0 Å². The minimum Gasteiger partial charge on any atom is -0.357 e. The monoisotopic (exact) mass is 410 g/mol. The molecule has 0 aromatic carbocycles. The summed E-state index contributed by atoms with van der Waals surface area (Å²) in [5.41, 5.74) is 0.797. The third-order valence-corrected chi connectivity index (χ3v) is 6.79. The standard InChI is InChI=1S/C16H22N6O3S2/c1-11-8-14(22-6-4-3-5-7-22)21-13(19-11)9-18-27(24,25)15-10-17-16(26-15)20-12(2)23/h8,10,18H,3-7,9H2,1-2H3,(H,17,20,23). The predicted octanol–water partition coefficient (Wildman–Crippen LogP) is 1.67. The van der Waals surface area contributed by atoms with E-state index in [0.29, 0.717) is 5.82 Å². The van der Waals surface area contributed by atoms with Gasteiger partial charge in [0.05, 0.1) is 12.7 Å². The maximum atomic E-state index is 12.5. The van der Waals surface area contributed by atoms with E-state index in [1.807, 2.05) is 13.0 Å². The van der Waals surface area contributed by atoms with Crippen LogP contribution in [0, 0.1) is 6.92 Å². The second kappa shape index (κ2) is 8.28. The normalized spacial score (nSPS) is 15.0. The number of anilines is 2. The van der Waals surface area contributed by atoms with Crippen LogP contribution in [-0.4, -0.2) is 42.4 Å². The molecular weight excluding hydrogens is 388 g/mol. The number of nitrogens with zero attached hydrogens (tertiary/aromatic N) is 4. The van der Waals surface area contributed by atoms with E-state index in [0.717, 1.165) is 48.8 Å². The maximum Gasteiger partial charge on any atom is 0.252 e. The van der Waals surface area contributed by atoms with Crippen molar-refractivity contribution >= 4 is 38.2 Å². The van der Waals surface area contributed by atoms with E-state index in [1.54, 1.807) is 0 Å². The number of aromatic nitrogens is 3. The Kier molecular flexibility index (Phi) is 6.02. The van der Waals surface area contributed by atoms with Crippen LogP contribution in [0.15, 0.2) is 16.5 Å². The summed E-state index contributed by atoms with van der Waals surface area (Å²) in [5, 5.41) is 2.71. The van der Waals surface area contributed by atoms with Gasteiger partial charge in [-0.2, -0.15) is 0 Å². The quantitative estimate of drug-likeness (QED) is 0.744. The molecule has 1 amide bonds. The van der Waals surface area contributed by atoms with Crippen LogP contribution in [-0.2, 0) is 21.4 Å². The van der Waals surface area contributed by atoms with Crippen molar-refractivity contribution in [2.75, 3.05) is 23.3 Å². The summed E-state index contributed by atoms with van der Waals surface area (Å²) in [6.45, 7) is 5.10. The van der Waals surface area contributed by atoms with Gasteiger partial charge in [-0.25, -0.2) is 28.1 Å². The van der Waals surface area contributed by atoms with Gasteiger partial charge in [0, 0.05) is 31.8 Å². The molecule has 1 aliphatic rings. The van der Waals surface area contributed by atoms with E-state index in [9.17, 15) is 13.2 Å². The fraction of sp³-hybridized carbons (Fsp3) is 0.500. The number of sulfonamides is 1. The number of aryl methyl sites for hydroxylation is 1. The maximum absolute atomic E-state index is 12.5. The Bertz CT molecular complexity index is 922. The summed E-state index contributed by atoms with van der Waals surface area (Å²) < 4.78 is 27.4. The number of rotatable bonds is 6. The molecule has 9 nitrogen and oxygen atoms in total. The molecule has 27 heavy (non-hydrogen) atoms. The lowest BCUT2D eigenvalue weighted by molar-refractivity contribution is -0.114. The van der Waals surface area contributed by atoms with E-state index in [-0.39, 0.29) is 21.8 Å². The third kappa shape index (κ3) is 5.21. The Morgan fingerprint density at radius 2 is 2.00 bits per heavy atom. The summed E-state index contributed by atoms with van der Waals surface area (Å²) in [6.07, 6.45) is 4.71. The smallest absolute Gasteiger partial charge is 0.252 e.